The molecule has 142 valence electrons. The van der Waals surface area contributed by atoms with Gasteiger partial charge in [-0.15, -0.1) is 0 Å². The molecule has 3 aromatic rings. The second kappa shape index (κ2) is 6.46. The average molecular weight is 390 g/mol. The van der Waals surface area contributed by atoms with Crippen LogP contribution in [0, 0.1) is 20.8 Å². The van der Waals surface area contributed by atoms with Gasteiger partial charge in [0.2, 0.25) is 10.0 Å². The fourth-order valence-corrected chi connectivity index (χ4v) is 4.75. The van der Waals surface area contributed by atoms with Crippen molar-refractivity contribution in [2.45, 2.75) is 31.8 Å². The first-order valence-electron chi connectivity index (χ1n) is 8.35. The molecule has 0 aliphatic carbocycles. The van der Waals surface area contributed by atoms with Gasteiger partial charge in [-0.05, 0) is 39.0 Å². The SMILES string of the molecule is Cc1noc(-c2cccc(OC3CN(S(=O)(=O)c4c(C)noc4C)C3)c2)n1. The van der Waals surface area contributed by atoms with E-state index in [0.717, 1.165) is 5.56 Å². The van der Waals surface area contributed by atoms with Crippen LogP contribution in [0.3, 0.4) is 0 Å². The van der Waals surface area contributed by atoms with Gasteiger partial charge in [0.15, 0.2) is 11.6 Å². The number of ether oxygens (including phenoxy) is 1. The smallest absolute Gasteiger partial charge is 0.258 e. The van der Waals surface area contributed by atoms with Crippen molar-refractivity contribution in [1.29, 1.82) is 0 Å². The zero-order valence-electron chi connectivity index (χ0n) is 15.0. The van der Waals surface area contributed by atoms with Gasteiger partial charge in [0.05, 0.1) is 13.1 Å². The summed E-state index contributed by atoms with van der Waals surface area (Å²) in [6.07, 6.45) is -0.236. The van der Waals surface area contributed by atoms with E-state index in [2.05, 4.69) is 15.3 Å². The lowest BCUT2D eigenvalue weighted by Gasteiger charge is -2.37. The molecule has 0 saturated carbocycles. The van der Waals surface area contributed by atoms with Crippen molar-refractivity contribution >= 4 is 10.0 Å². The number of hydrogen-bond acceptors (Lipinski definition) is 8. The summed E-state index contributed by atoms with van der Waals surface area (Å²) in [7, 11) is -3.63. The van der Waals surface area contributed by atoms with Crippen LogP contribution in [0.4, 0.5) is 0 Å². The van der Waals surface area contributed by atoms with Crippen LogP contribution in [0.5, 0.6) is 5.75 Å². The molecule has 0 bridgehead atoms. The summed E-state index contributed by atoms with van der Waals surface area (Å²) in [5, 5.41) is 7.49. The Kier molecular flexibility index (Phi) is 4.23. The number of hydrogen-bond donors (Lipinski definition) is 0. The molecule has 0 N–H and O–H groups in total. The molecular formula is C17H18N4O5S. The summed E-state index contributed by atoms with van der Waals surface area (Å²) in [4.78, 5) is 4.32. The summed E-state index contributed by atoms with van der Waals surface area (Å²) >= 11 is 0. The maximum atomic E-state index is 12.7. The molecule has 0 atom stereocenters. The van der Waals surface area contributed by atoms with Crippen LogP contribution >= 0.6 is 0 Å². The number of rotatable bonds is 5. The predicted molar refractivity (Wildman–Crippen MR) is 93.6 cm³/mol. The third kappa shape index (κ3) is 3.21. The minimum Gasteiger partial charge on any atom is -0.488 e. The van der Waals surface area contributed by atoms with Gasteiger partial charge < -0.3 is 13.8 Å². The molecule has 2 aromatic heterocycles. The highest BCUT2D eigenvalue weighted by Crippen LogP contribution is 2.29. The third-order valence-corrected chi connectivity index (χ3v) is 6.37. The Morgan fingerprint density at radius 2 is 1.93 bits per heavy atom. The van der Waals surface area contributed by atoms with Crippen molar-refractivity contribution in [3.63, 3.8) is 0 Å². The molecule has 0 unspecified atom stereocenters. The summed E-state index contributed by atoms with van der Waals surface area (Å²) in [6, 6.07) is 7.26. The molecule has 1 saturated heterocycles. The maximum Gasteiger partial charge on any atom is 0.258 e. The predicted octanol–water partition coefficient (Wildman–Crippen LogP) is 2.10. The van der Waals surface area contributed by atoms with E-state index >= 15 is 0 Å². The summed E-state index contributed by atoms with van der Waals surface area (Å²) in [6.45, 7) is 5.47. The van der Waals surface area contributed by atoms with E-state index in [1.165, 1.54) is 4.31 Å². The largest absolute Gasteiger partial charge is 0.488 e. The Labute approximate surface area is 156 Å². The summed E-state index contributed by atoms with van der Waals surface area (Å²) in [5.41, 5.74) is 1.10. The van der Waals surface area contributed by atoms with E-state index in [9.17, 15) is 8.42 Å². The molecule has 3 heterocycles. The zero-order valence-corrected chi connectivity index (χ0v) is 15.9. The molecule has 0 radical (unpaired) electrons. The highest BCUT2D eigenvalue weighted by Gasteiger charge is 2.40. The molecule has 4 rings (SSSR count). The molecule has 0 amide bonds. The lowest BCUT2D eigenvalue weighted by Crippen LogP contribution is -2.56. The lowest BCUT2D eigenvalue weighted by atomic mass is 10.2. The standard InChI is InChI=1S/C17H18N4O5S/c1-10-16(11(2)25-19-10)27(22,23)21-8-15(9-21)24-14-6-4-5-13(7-14)17-18-12(3)20-26-17/h4-7,15H,8-9H2,1-3H3. The molecule has 1 fully saturated rings. The summed E-state index contributed by atoms with van der Waals surface area (Å²) in [5.74, 6) is 1.87. The number of sulfonamides is 1. The van der Waals surface area contributed by atoms with E-state index in [1.807, 2.05) is 12.1 Å². The first kappa shape index (κ1) is 17.7. The van der Waals surface area contributed by atoms with Crippen LogP contribution in [-0.2, 0) is 10.0 Å². The molecular weight excluding hydrogens is 372 g/mol. The van der Waals surface area contributed by atoms with E-state index < -0.39 is 10.0 Å². The minimum atomic E-state index is -3.63. The number of nitrogens with zero attached hydrogens (tertiary/aromatic N) is 4. The second-order valence-electron chi connectivity index (χ2n) is 6.39. The highest BCUT2D eigenvalue weighted by molar-refractivity contribution is 7.89. The first-order chi connectivity index (χ1) is 12.8. The van der Waals surface area contributed by atoms with E-state index in [1.54, 1.807) is 32.9 Å². The Morgan fingerprint density at radius 3 is 2.56 bits per heavy atom. The Bertz CT molecular complexity index is 1060. The van der Waals surface area contributed by atoms with E-state index in [0.29, 0.717) is 28.9 Å². The maximum absolute atomic E-state index is 12.7. The van der Waals surface area contributed by atoms with Crippen molar-refractivity contribution in [3.05, 3.63) is 41.5 Å². The van der Waals surface area contributed by atoms with Crippen molar-refractivity contribution in [1.82, 2.24) is 19.6 Å². The van der Waals surface area contributed by atoms with Crippen LogP contribution < -0.4 is 4.74 Å². The van der Waals surface area contributed by atoms with E-state index in [-0.39, 0.29) is 24.1 Å². The minimum absolute atomic E-state index is 0.134. The zero-order chi connectivity index (χ0) is 19.2. The average Bonchev–Trinajstić information content (AvgIpc) is 3.16. The molecule has 27 heavy (non-hydrogen) atoms. The van der Waals surface area contributed by atoms with Crippen LogP contribution in [0.1, 0.15) is 17.3 Å². The van der Waals surface area contributed by atoms with Gasteiger partial charge in [-0.1, -0.05) is 16.4 Å². The number of benzene rings is 1. The normalized spacial score (nSPS) is 15.7. The molecule has 1 aromatic carbocycles. The van der Waals surface area contributed by atoms with Crippen LogP contribution in [0.15, 0.2) is 38.2 Å². The van der Waals surface area contributed by atoms with Crippen molar-refractivity contribution in [3.8, 4) is 17.2 Å². The first-order valence-corrected chi connectivity index (χ1v) is 9.79. The fourth-order valence-electron chi connectivity index (χ4n) is 2.95. The van der Waals surface area contributed by atoms with Gasteiger partial charge in [0, 0.05) is 5.56 Å². The molecule has 9 nitrogen and oxygen atoms in total. The topological polar surface area (TPSA) is 112 Å². The van der Waals surface area contributed by atoms with Crippen LogP contribution in [0.25, 0.3) is 11.5 Å². The highest BCUT2D eigenvalue weighted by atomic mass is 32.2. The molecule has 1 aliphatic heterocycles. The summed E-state index contributed by atoms with van der Waals surface area (Å²) < 4.78 is 42.8. The Hall–Kier alpha value is -2.72. The second-order valence-corrected chi connectivity index (χ2v) is 8.26. The quantitative estimate of drug-likeness (QED) is 0.651. The van der Waals surface area contributed by atoms with Crippen molar-refractivity contribution < 1.29 is 22.2 Å². The lowest BCUT2D eigenvalue weighted by molar-refractivity contribution is 0.0761. The van der Waals surface area contributed by atoms with Crippen LogP contribution in [-0.4, -0.2) is 47.2 Å². The van der Waals surface area contributed by atoms with Gasteiger partial charge in [-0.25, -0.2) is 8.42 Å². The Balaban J connectivity index is 1.44. The number of aromatic nitrogens is 3. The van der Waals surface area contributed by atoms with Gasteiger partial charge in [-0.3, -0.25) is 0 Å². The fraction of sp³-hybridized carbons (Fsp3) is 0.353. The molecule has 0 spiro atoms. The Morgan fingerprint density at radius 1 is 1.15 bits per heavy atom. The van der Waals surface area contributed by atoms with E-state index in [4.69, 9.17) is 13.8 Å². The van der Waals surface area contributed by atoms with Gasteiger partial charge in [0.1, 0.15) is 22.4 Å². The van der Waals surface area contributed by atoms with Crippen molar-refractivity contribution in [2.75, 3.05) is 13.1 Å². The third-order valence-electron chi connectivity index (χ3n) is 4.29. The van der Waals surface area contributed by atoms with Gasteiger partial charge in [-0.2, -0.15) is 9.29 Å². The van der Waals surface area contributed by atoms with Crippen LogP contribution in [0.2, 0.25) is 0 Å². The monoisotopic (exact) mass is 390 g/mol. The molecule has 10 heteroatoms. The number of aryl methyl sites for hydroxylation is 3. The molecule has 1 aliphatic rings. The van der Waals surface area contributed by atoms with Gasteiger partial charge >= 0.3 is 0 Å². The van der Waals surface area contributed by atoms with Gasteiger partial charge in [0.25, 0.3) is 5.89 Å². The van der Waals surface area contributed by atoms with Crippen molar-refractivity contribution in [2.24, 2.45) is 0 Å².